The Bertz CT molecular complexity index is 1320. The molecule has 1 saturated heterocycles. The van der Waals surface area contributed by atoms with Gasteiger partial charge in [0.05, 0.1) is 4.90 Å². The third-order valence-electron chi connectivity index (χ3n) is 8.99. The second-order valence-corrected chi connectivity index (χ2v) is 19.1. The molecule has 3 aromatic carbocycles. The summed E-state index contributed by atoms with van der Waals surface area (Å²) in [5, 5.41) is 11.8. The van der Waals surface area contributed by atoms with E-state index in [0.717, 1.165) is 31.2 Å². The first-order valence-corrected chi connectivity index (χ1v) is 18.8. The van der Waals surface area contributed by atoms with E-state index in [1.165, 1.54) is 10.4 Å². The number of hydrogen-bond donors (Lipinski definition) is 1. The predicted octanol–water partition coefficient (Wildman–Crippen LogP) is 6.28. The highest BCUT2D eigenvalue weighted by molar-refractivity contribution is 7.89. The van der Waals surface area contributed by atoms with Crippen molar-refractivity contribution in [2.24, 2.45) is 5.92 Å². The normalized spacial score (nSPS) is 20.5. The van der Waals surface area contributed by atoms with Gasteiger partial charge in [-0.3, -0.25) is 0 Å². The highest BCUT2D eigenvalue weighted by atomic mass is 32.2. The van der Waals surface area contributed by atoms with E-state index in [1.807, 2.05) is 35.5 Å². The van der Waals surface area contributed by atoms with Crippen LogP contribution in [0.25, 0.3) is 0 Å². The summed E-state index contributed by atoms with van der Waals surface area (Å²) in [6.07, 6.45) is 4.66. The number of aliphatic hydroxyl groups excluding tert-OH is 1. The molecule has 1 fully saturated rings. The van der Waals surface area contributed by atoms with Crippen LogP contribution in [-0.4, -0.2) is 51.4 Å². The summed E-state index contributed by atoms with van der Waals surface area (Å²) < 4.78 is 37.6. The predicted molar refractivity (Wildman–Crippen MR) is 175 cm³/mol. The maximum absolute atomic E-state index is 14.3. The van der Waals surface area contributed by atoms with E-state index < -0.39 is 18.3 Å². The summed E-state index contributed by atoms with van der Waals surface area (Å²) in [5.74, 6) is 0.248. The van der Waals surface area contributed by atoms with Gasteiger partial charge in [-0.2, -0.15) is 4.31 Å². The smallest absolute Gasteiger partial charge is 0.261 e. The molecule has 1 aliphatic rings. The zero-order valence-corrected chi connectivity index (χ0v) is 27.8. The van der Waals surface area contributed by atoms with Gasteiger partial charge in [0.2, 0.25) is 10.0 Å². The molecule has 0 amide bonds. The molecule has 0 unspecified atom stereocenters. The van der Waals surface area contributed by atoms with E-state index in [9.17, 15) is 13.5 Å². The zero-order chi connectivity index (χ0) is 30.4. The minimum atomic E-state index is -3.72. The van der Waals surface area contributed by atoms with E-state index in [2.05, 4.69) is 76.2 Å². The van der Waals surface area contributed by atoms with Gasteiger partial charge in [0.25, 0.3) is 8.32 Å². The molecule has 42 heavy (non-hydrogen) atoms. The van der Waals surface area contributed by atoms with Crippen molar-refractivity contribution in [3.05, 3.63) is 90.5 Å². The second-order valence-electron chi connectivity index (χ2n) is 12.9. The molecule has 3 aromatic rings. The monoisotopic (exact) mass is 607 g/mol. The van der Waals surface area contributed by atoms with Gasteiger partial charge in [0.1, 0.15) is 0 Å². The molecule has 0 saturated carbocycles. The number of piperidine rings is 1. The lowest BCUT2D eigenvalue weighted by Gasteiger charge is -2.46. The molecule has 4 rings (SSSR count). The van der Waals surface area contributed by atoms with E-state index in [-0.39, 0.29) is 29.6 Å². The maximum Gasteiger partial charge on any atom is 0.261 e. The van der Waals surface area contributed by atoms with Crippen molar-refractivity contribution in [3.8, 4) is 0 Å². The van der Waals surface area contributed by atoms with E-state index in [4.69, 9.17) is 4.43 Å². The molecule has 5 nitrogen and oxygen atoms in total. The first kappa shape index (κ1) is 32.6. The highest BCUT2D eigenvalue weighted by Gasteiger charge is 2.50. The summed E-state index contributed by atoms with van der Waals surface area (Å²) in [6, 6.07) is 28.2. The van der Waals surface area contributed by atoms with Crippen LogP contribution < -0.4 is 10.4 Å². The number of sulfonamides is 1. The van der Waals surface area contributed by atoms with Crippen molar-refractivity contribution in [1.29, 1.82) is 0 Å². The fraction of sp³-hybridized carbons (Fsp3) is 0.486. The van der Waals surface area contributed by atoms with E-state index >= 15 is 0 Å². The van der Waals surface area contributed by atoms with Gasteiger partial charge in [-0.25, -0.2) is 8.42 Å². The average molecular weight is 608 g/mol. The molecule has 1 N–H and O–H groups in total. The van der Waals surface area contributed by atoms with Crippen LogP contribution in [0, 0.1) is 12.8 Å². The van der Waals surface area contributed by atoms with Crippen LogP contribution in [0.4, 0.5) is 0 Å². The first-order chi connectivity index (χ1) is 20.0. The largest absolute Gasteiger partial charge is 0.407 e. The molecule has 7 heteroatoms. The molecule has 0 spiro atoms. The van der Waals surface area contributed by atoms with Crippen LogP contribution in [0.5, 0.6) is 0 Å². The Labute approximate surface area is 255 Å². The molecular weight excluding hydrogens is 559 g/mol. The van der Waals surface area contributed by atoms with Crippen LogP contribution in [-0.2, 0) is 14.4 Å². The lowest BCUT2D eigenvalue weighted by Crippen LogP contribution is -2.66. The van der Waals surface area contributed by atoms with Crippen LogP contribution in [0.15, 0.2) is 89.8 Å². The fourth-order valence-corrected chi connectivity index (χ4v) is 13.3. The first-order valence-electron chi connectivity index (χ1n) is 15.5. The van der Waals surface area contributed by atoms with E-state index in [1.54, 1.807) is 12.1 Å². The Morgan fingerprint density at radius 1 is 0.857 bits per heavy atom. The molecule has 1 aliphatic heterocycles. The fourth-order valence-electron chi connectivity index (χ4n) is 6.76. The molecule has 0 radical (unpaired) electrons. The van der Waals surface area contributed by atoms with Gasteiger partial charge in [-0.15, -0.1) is 0 Å². The van der Waals surface area contributed by atoms with Gasteiger partial charge in [-0.1, -0.05) is 106 Å². The van der Waals surface area contributed by atoms with Crippen molar-refractivity contribution in [2.75, 3.05) is 13.2 Å². The SMILES string of the molecule is Cc1ccc(S(=O)(=O)N2[C@H](CCO[Si](c3ccccc3)(c3ccccc3)C(C)(C)C)CC[C@@H](C)[C@@H]2CCCCO)cc1. The Balaban J connectivity index is 1.69. The number of benzene rings is 3. The van der Waals surface area contributed by atoms with Gasteiger partial charge in [0, 0.05) is 25.3 Å². The molecule has 1 heterocycles. The van der Waals surface area contributed by atoms with Crippen LogP contribution in [0.1, 0.15) is 71.8 Å². The van der Waals surface area contributed by atoms with Crippen LogP contribution in [0.2, 0.25) is 5.04 Å². The standard InChI is InChI=1S/C35H49NO4SSi/c1-28-19-23-31(24-20-28)41(38,39)36-30(22-21-29(2)34(36)18-12-13-26-37)25-27-40-42(35(3,4)5,32-14-8-6-9-15-32)33-16-10-7-11-17-33/h6-11,14-17,19-20,23-24,29-30,34,37H,12-13,18,21-22,25-27H2,1-5H3/t29-,30+,34+/m1/s1. The molecule has 0 bridgehead atoms. The van der Waals surface area contributed by atoms with E-state index in [0.29, 0.717) is 24.3 Å². The quantitative estimate of drug-likeness (QED) is 0.194. The molecule has 0 aromatic heterocycles. The van der Waals surface area contributed by atoms with Crippen molar-refractivity contribution in [3.63, 3.8) is 0 Å². The maximum atomic E-state index is 14.3. The van der Waals surface area contributed by atoms with Crippen molar-refractivity contribution >= 4 is 28.7 Å². The summed E-state index contributed by atoms with van der Waals surface area (Å²) in [5.41, 5.74) is 1.04. The summed E-state index contributed by atoms with van der Waals surface area (Å²) in [6.45, 7) is 11.6. The highest BCUT2D eigenvalue weighted by Crippen LogP contribution is 2.39. The van der Waals surface area contributed by atoms with Gasteiger partial charge in [0.15, 0.2) is 0 Å². The number of nitrogens with zero attached hydrogens (tertiary/aromatic N) is 1. The van der Waals surface area contributed by atoms with Crippen molar-refractivity contribution in [2.45, 2.75) is 95.2 Å². The lowest BCUT2D eigenvalue weighted by molar-refractivity contribution is 0.100. The lowest BCUT2D eigenvalue weighted by atomic mass is 9.85. The van der Waals surface area contributed by atoms with Crippen LogP contribution in [0.3, 0.4) is 0 Å². The van der Waals surface area contributed by atoms with Crippen molar-refractivity contribution < 1.29 is 18.0 Å². The second kappa shape index (κ2) is 14.0. The Morgan fingerprint density at radius 2 is 1.43 bits per heavy atom. The number of rotatable bonds is 12. The molecule has 0 aliphatic carbocycles. The number of unbranched alkanes of at least 4 members (excludes halogenated alkanes) is 1. The minimum absolute atomic E-state index is 0.102. The summed E-state index contributed by atoms with van der Waals surface area (Å²) >= 11 is 0. The number of aryl methyl sites for hydroxylation is 1. The van der Waals surface area contributed by atoms with Gasteiger partial charge >= 0.3 is 0 Å². The number of aliphatic hydroxyl groups is 1. The third-order valence-corrected chi connectivity index (χ3v) is 16.0. The Kier molecular flexibility index (Phi) is 10.9. The topological polar surface area (TPSA) is 66.8 Å². The Morgan fingerprint density at radius 3 is 1.95 bits per heavy atom. The minimum Gasteiger partial charge on any atom is -0.407 e. The third kappa shape index (κ3) is 6.92. The number of hydrogen-bond acceptors (Lipinski definition) is 4. The average Bonchev–Trinajstić information content (AvgIpc) is 2.97. The van der Waals surface area contributed by atoms with Gasteiger partial charge in [-0.05, 0) is 78.9 Å². The molecule has 3 atom stereocenters. The Hall–Kier alpha value is -2.29. The zero-order valence-electron chi connectivity index (χ0n) is 26.0. The van der Waals surface area contributed by atoms with Crippen LogP contribution >= 0.6 is 0 Å². The molecule has 228 valence electrons. The van der Waals surface area contributed by atoms with Gasteiger partial charge < -0.3 is 9.53 Å². The van der Waals surface area contributed by atoms with Crippen molar-refractivity contribution in [1.82, 2.24) is 4.31 Å². The summed E-state index contributed by atoms with van der Waals surface area (Å²) in [7, 11) is -6.44. The summed E-state index contributed by atoms with van der Waals surface area (Å²) in [4.78, 5) is 0.354. The molecular formula is C35H49NO4SSi.